The highest BCUT2D eigenvalue weighted by atomic mass is 15.0. The summed E-state index contributed by atoms with van der Waals surface area (Å²) in [6.45, 7) is 7.58. The quantitative estimate of drug-likeness (QED) is 0.419. The van der Waals surface area contributed by atoms with E-state index in [9.17, 15) is 0 Å². The first-order chi connectivity index (χ1) is 9.63. The van der Waals surface area contributed by atoms with E-state index >= 15 is 0 Å². The van der Waals surface area contributed by atoms with E-state index < -0.39 is 0 Å². The Kier molecular flexibility index (Phi) is 2.29. The van der Waals surface area contributed by atoms with E-state index in [1.807, 2.05) is 0 Å². The highest BCUT2D eigenvalue weighted by molar-refractivity contribution is 5.94. The van der Waals surface area contributed by atoms with Gasteiger partial charge >= 0.3 is 0 Å². The molecule has 0 saturated carbocycles. The summed E-state index contributed by atoms with van der Waals surface area (Å²) in [6.07, 6.45) is 2.22. The van der Waals surface area contributed by atoms with Gasteiger partial charge in [-0.2, -0.15) is 4.57 Å². The van der Waals surface area contributed by atoms with Crippen molar-refractivity contribution in [3.05, 3.63) is 64.8 Å². The average molecular weight is 260 g/mol. The van der Waals surface area contributed by atoms with Crippen LogP contribution in [0, 0.1) is 20.8 Å². The number of aryl methyl sites for hydroxylation is 3. The van der Waals surface area contributed by atoms with Gasteiger partial charge in [-0.25, -0.2) is 0 Å². The lowest BCUT2D eigenvalue weighted by atomic mass is 9.96. The zero-order chi connectivity index (χ0) is 13.9. The molecule has 2 heterocycles. The maximum Gasteiger partial charge on any atom is 0.221 e. The molecule has 3 aromatic rings. The Balaban J connectivity index is 2.14. The van der Waals surface area contributed by atoms with Crippen molar-refractivity contribution in [3.63, 3.8) is 0 Å². The van der Waals surface area contributed by atoms with Crippen molar-refractivity contribution >= 4 is 10.8 Å². The van der Waals surface area contributed by atoms with Crippen molar-refractivity contribution in [1.29, 1.82) is 0 Å². The molecule has 1 heteroatoms. The Hall–Kier alpha value is -2.15. The van der Waals surface area contributed by atoms with Crippen LogP contribution in [0.25, 0.3) is 22.0 Å². The largest absolute Gasteiger partial charge is 0.221 e. The maximum atomic E-state index is 2.39. The Labute approximate surface area is 119 Å². The van der Waals surface area contributed by atoms with Crippen molar-refractivity contribution in [1.82, 2.24) is 0 Å². The molecule has 0 amide bonds. The predicted octanol–water partition coefficient (Wildman–Crippen LogP) is 4.08. The van der Waals surface area contributed by atoms with Crippen LogP contribution in [0.15, 0.2) is 42.6 Å². The van der Waals surface area contributed by atoms with Gasteiger partial charge in [0.25, 0.3) is 0 Å². The summed E-state index contributed by atoms with van der Waals surface area (Å²) in [5.41, 5.74) is 8.35. The molecule has 1 aromatic heterocycles. The summed E-state index contributed by atoms with van der Waals surface area (Å²) in [4.78, 5) is 0. The molecule has 1 aliphatic heterocycles. The lowest BCUT2D eigenvalue weighted by Gasteiger charge is -2.04. The van der Waals surface area contributed by atoms with Crippen LogP contribution in [0.1, 0.15) is 22.3 Å². The minimum Gasteiger partial charge on any atom is -0.193 e. The van der Waals surface area contributed by atoms with Gasteiger partial charge in [0.1, 0.15) is 0 Å². The average Bonchev–Trinajstić information content (AvgIpc) is 2.78. The van der Waals surface area contributed by atoms with Gasteiger partial charge in [0.2, 0.25) is 5.69 Å². The molecule has 1 aliphatic rings. The van der Waals surface area contributed by atoms with Crippen LogP contribution in [0.5, 0.6) is 0 Å². The Bertz CT molecular complexity index is 859. The van der Waals surface area contributed by atoms with Crippen molar-refractivity contribution in [2.24, 2.45) is 0 Å². The normalized spacial score (nSPS) is 12.6. The minimum absolute atomic E-state index is 1.00. The molecule has 4 rings (SSSR count). The molecule has 0 saturated heterocycles. The molecule has 0 bridgehead atoms. The van der Waals surface area contributed by atoms with Gasteiger partial charge in [0, 0.05) is 11.6 Å². The summed E-state index contributed by atoms with van der Waals surface area (Å²) in [6, 6.07) is 13.6. The molecular weight excluding hydrogens is 242 g/mol. The van der Waals surface area contributed by atoms with Gasteiger partial charge in [-0.1, -0.05) is 23.8 Å². The van der Waals surface area contributed by atoms with Crippen molar-refractivity contribution < 1.29 is 4.57 Å². The van der Waals surface area contributed by atoms with Gasteiger partial charge in [-0.05, 0) is 49.4 Å². The number of hydrogen-bond donors (Lipinski definition) is 0. The summed E-state index contributed by atoms with van der Waals surface area (Å²) < 4.78 is 2.39. The fraction of sp³-hybridized carbons (Fsp3) is 0.211. The molecule has 2 aromatic carbocycles. The van der Waals surface area contributed by atoms with Gasteiger partial charge in [-0.15, -0.1) is 0 Å². The molecule has 98 valence electrons. The third-order valence-corrected chi connectivity index (χ3v) is 4.39. The van der Waals surface area contributed by atoms with Crippen LogP contribution in [-0.4, -0.2) is 0 Å². The standard InChI is InChI=1S/C19H18N/c1-12-4-5-15-6-7-20-11-18-14(3)8-13(2)10-17(18)19(20)16(15)9-12/h4-10H,11H2,1-3H3/q+1. The highest BCUT2D eigenvalue weighted by Crippen LogP contribution is 2.35. The fourth-order valence-corrected chi connectivity index (χ4v) is 3.44. The van der Waals surface area contributed by atoms with Crippen LogP contribution in [0.3, 0.4) is 0 Å². The molecule has 0 fully saturated rings. The highest BCUT2D eigenvalue weighted by Gasteiger charge is 2.29. The lowest BCUT2D eigenvalue weighted by Crippen LogP contribution is -2.31. The van der Waals surface area contributed by atoms with Gasteiger partial charge < -0.3 is 0 Å². The monoisotopic (exact) mass is 260 g/mol. The third kappa shape index (κ3) is 1.53. The lowest BCUT2D eigenvalue weighted by molar-refractivity contribution is -0.671. The molecular formula is C19H18N+. The second kappa shape index (κ2) is 3.92. The molecule has 0 unspecified atom stereocenters. The van der Waals surface area contributed by atoms with Crippen LogP contribution < -0.4 is 4.57 Å². The molecule has 0 atom stereocenters. The van der Waals surface area contributed by atoms with E-state index in [1.165, 1.54) is 44.3 Å². The first-order valence-electron chi connectivity index (χ1n) is 7.17. The first kappa shape index (κ1) is 11.7. The van der Waals surface area contributed by atoms with Crippen LogP contribution in [-0.2, 0) is 6.54 Å². The van der Waals surface area contributed by atoms with Gasteiger partial charge in [-0.3, -0.25) is 0 Å². The summed E-state index contributed by atoms with van der Waals surface area (Å²) in [5.74, 6) is 0. The van der Waals surface area contributed by atoms with E-state index in [4.69, 9.17) is 0 Å². The number of aromatic nitrogens is 1. The smallest absolute Gasteiger partial charge is 0.193 e. The van der Waals surface area contributed by atoms with E-state index in [0.717, 1.165) is 6.54 Å². The molecule has 0 N–H and O–H groups in total. The second-order valence-corrected chi connectivity index (χ2v) is 5.99. The summed E-state index contributed by atoms with van der Waals surface area (Å²) in [5, 5.41) is 2.70. The van der Waals surface area contributed by atoms with Gasteiger partial charge in [0.05, 0.1) is 10.9 Å². The summed E-state index contributed by atoms with van der Waals surface area (Å²) in [7, 11) is 0. The van der Waals surface area contributed by atoms with E-state index in [0.29, 0.717) is 0 Å². The first-order valence-corrected chi connectivity index (χ1v) is 7.17. The molecule has 0 aliphatic carbocycles. The Morgan fingerprint density at radius 1 is 0.900 bits per heavy atom. The molecule has 1 nitrogen and oxygen atoms in total. The number of rotatable bonds is 0. The van der Waals surface area contributed by atoms with E-state index in [1.54, 1.807) is 0 Å². The zero-order valence-corrected chi connectivity index (χ0v) is 12.2. The molecule has 0 spiro atoms. The number of hydrogen-bond acceptors (Lipinski definition) is 0. The van der Waals surface area contributed by atoms with Crippen LogP contribution in [0.4, 0.5) is 0 Å². The SMILES string of the molecule is Cc1cc(C)c2c(c1)-c1c3cc(C)ccc3cc[n+]1C2. The minimum atomic E-state index is 1.00. The topological polar surface area (TPSA) is 3.88 Å². The number of nitrogens with zero attached hydrogens (tertiary/aromatic N) is 1. The van der Waals surface area contributed by atoms with E-state index in [2.05, 4.69) is 67.9 Å². The predicted molar refractivity (Wildman–Crippen MR) is 82.9 cm³/mol. The van der Waals surface area contributed by atoms with E-state index in [-0.39, 0.29) is 0 Å². The Morgan fingerprint density at radius 3 is 2.60 bits per heavy atom. The molecule has 20 heavy (non-hydrogen) atoms. The van der Waals surface area contributed by atoms with Crippen molar-refractivity contribution in [2.75, 3.05) is 0 Å². The maximum absolute atomic E-state index is 2.39. The third-order valence-electron chi connectivity index (χ3n) is 4.39. The van der Waals surface area contributed by atoms with Crippen molar-refractivity contribution in [3.8, 4) is 11.3 Å². The van der Waals surface area contributed by atoms with Gasteiger partial charge in [0.15, 0.2) is 12.7 Å². The van der Waals surface area contributed by atoms with Crippen LogP contribution >= 0.6 is 0 Å². The number of fused-ring (bicyclic) bond motifs is 5. The summed E-state index contributed by atoms with van der Waals surface area (Å²) >= 11 is 0. The fourth-order valence-electron chi connectivity index (χ4n) is 3.44. The molecule has 0 radical (unpaired) electrons. The Morgan fingerprint density at radius 2 is 1.75 bits per heavy atom. The van der Waals surface area contributed by atoms with Crippen LogP contribution in [0.2, 0.25) is 0 Å². The second-order valence-electron chi connectivity index (χ2n) is 5.99. The number of pyridine rings is 1. The zero-order valence-electron chi connectivity index (χ0n) is 12.2. The number of benzene rings is 2. The van der Waals surface area contributed by atoms with Crippen molar-refractivity contribution in [2.45, 2.75) is 27.3 Å².